The predicted octanol–water partition coefficient (Wildman–Crippen LogP) is 0.569. The van der Waals surface area contributed by atoms with E-state index in [1.54, 1.807) is 5.38 Å². The van der Waals surface area contributed by atoms with Crippen LogP contribution in [-0.2, 0) is 4.79 Å². The second-order valence-corrected chi connectivity index (χ2v) is 5.87. The fourth-order valence-corrected chi connectivity index (χ4v) is 3.45. The Morgan fingerprint density at radius 3 is 2.86 bits per heavy atom. The van der Waals surface area contributed by atoms with Crippen LogP contribution < -0.4 is 9.47 Å². The number of aliphatic carboxylic acids is 1. The van der Waals surface area contributed by atoms with E-state index in [1.807, 2.05) is 0 Å². The van der Waals surface area contributed by atoms with Crippen LogP contribution in [0.25, 0.3) is 0 Å². The number of nitrogens with zero attached hydrogens (tertiary/aromatic N) is 1. The van der Waals surface area contributed by atoms with Crippen molar-refractivity contribution in [2.75, 3.05) is 19.8 Å². The number of piperidine rings is 1. The summed E-state index contributed by atoms with van der Waals surface area (Å²) in [7, 11) is 0. The first kappa shape index (κ1) is 14.2. The van der Waals surface area contributed by atoms with Crippen molar-refractivity contribution in [1.82, 2.24) is 4.90 Å². The lowest BCUT2D eigenvalue weighted by atomic mass is 9.99. The number of carboxylic acid groups (broad SMARTS) is 1. The van der Waals surface area contributed by atoms with Crippen molar-refractivity contribution in [2.45, 2.75) is 25.0 Å². The largest absolute Gasteiger partial charge is 0.485 e. The summed E-state index contributed by atoms with van der Waals surface area (Å²) in [6.07, 6.45) is -0.265. The maximum Gasteiger partial charge on any atom is 0.326 e. The van der Waals surface area contributed by atoms with Gasteiger partial charge < -0.3 is 24.6 Å². The van der Waals surface area contributed by atoms with Crippen molar-refractivity contribution in [3.05, 3.63) is 10.3 Å². The van der Waals surface area contributed by atoms with Gasteiger partial charge in [-0.15, -0.1) is 11.3 Å². The second kappa shape index (κ2) is 5.53. The van der Waals surface area contributed by atoms with Gasteiger partial charge in [0.1, 0.15) is 24.1 Å². The van der Waals surface area contributed by atoms with Crippen molar-refractivity contribution in [2.24, 2.45) is 0 Å². The molecule has 0 saturated carbocycles. The Hall–Kier alpha value is -1.80. The van der Waals surface area contributed by atoms with Gasteiger partial charge in [0.2, 0.25) is 0 Å². The van der Waals surface area contributed by atoms with Crippen molar-refractivity contribution >= 4 is 23.2 Å². The lowest BCUT2D eigenvalue weighted by Crippen LogP contribution is -2.51. The fourth-order valence-electron chi connectivity index (χ4n) is 2.56. The van der Waals surface area contributed by atoms with Gasteiger partial charge >= 0.3 is 5.97 Å². The number of aliphatic hydroxyl groups is 1. The summed E-state index contributed by atoms with van der Waals surface area (Å²) in [5.41, 5.74) is 0. The van der Waals surface area contributed by atoms with Crippen LogP contribution >= 0.6 is 11.3 Å². The Bertz CT molecular complexity index is 571. The van der Waals surface area contributed by atoms with Gasteiger partial charge in [-0.05, 0) is 6.42 Å². The lowest BCUT2D eigenvalue weighted by Gasteiger charge is -2.35. The molecule has 1 aromatic rings. The van der Waals surface area contributed by atoms with Crippen LogP contribution in [0, 0.1) is 0 Å². The molecule has 1 fully saturated rings. The van der Waals surface area contributed by atoms with E-state index < -0.39 is 18.1 Å². The molecule has 2 N–H and O–H groups in total. The van der Waals surface area contributed by atoms with Crippen molar-refractivity contribution < 1.29 is 29.3 Å². The minimum absolute atomic E-state index is 0.0476. The molecule has 0 bridgehead atoms. The molecule has 8 heteroatoms. The zero-order chi connectivity index (χ0) is 15.0. The van der Waals surface area contributed by atoms with Gasteiger partial charge in [-0.2, -0.15) is 0 Å². The fraction of sp³-hybridized carbons (Fsp3) is 0.538. The minimum atomic E-state index is -1.11. The zero-order valence-electron chi connectivity index (χ0n) is 11.2. The smallest absolute Gasteiger partial charge is 0.326 e. The summed E-state index contributed by atoms with van der Waals surface area (Å²) in [5.74, 6) is -0.569. The molecule has 21 heavy (non-hydrogen) atoms. The Labute approximate surface area is 124 Å². The number of carboxylic acids is 1. The number of aliphatic hydroxyl groups excluding tert-OH is 1. The summed E-state index contributed by atoms with van der Waals surface area (Å²) in [6.45, 7) is 1.01. The van der Waals surface area contributed by atoms with Crippen molar-refractivity contribution in [1.29, 1.82) is 0 Å². The Kier molecular flexibility index (Phi) is 3.73. The highest BCUT2D eigenvalue weighted by atomic mass is 32.1. The quantitative estimate of drug-likeness (QED) is 0.828. The molecule has 0 aromatic carbocycles. The van der Waals surface area contributed by atoms with Crippen LogP contribution in [0.5, 0.6) is 11.5 Å². The van der Waals surface area contributed by atoms with Gasteiger partial charge in [0.25, 0.3) is 5.91 Å². The van der Waals surface area contributed by atoms with Gasteiger partial charge in [-0.25, -0.2) is 4.79 Å². The molecule has 1 amide bonds. The van der Waals surface area contributed by atoms with Gasteiger partial charge in [0.15, 0.2) is 11.5 Å². The molecule has 2 atom stereocenters. The molecular weight excluding hydrogens is 298 g/mol. The van der Waals surface area contributed by atoms with Gasteiger partial charge in [0.05, 0.1) is 6.10 Å². The number of likely N-dealkylation sites (tertiary alicyclic amines) is 1. The van der Waals surface area contributed by atoms with E-state index in [1.165, 1.54) is 16.2 Å². The van der Waals surface area contributed by atoms with E-state index >= 15 is 0 Å². The summed E-state index contributed by atoms with van der Waals surface area (Å²) < 4.78 is 10.9. The van der Waals surface area contributed by atoms with Crippen LogP contribution in [0.1, 0.15) is 22.5 Å². The third kappa shape index (κ3) is 2.56. The number of rotatable bonds is 2. The molecule has 0 aliphatic carbocycles. The van der Waals surface area contributed by atoms with E-state index in [-0.39, 0.29) is 18.9 Å². The van der Waals surface area contributed by atoms with E-state index in [0.717, 1.165) is 0 Å². The first-order valence-electron chi connectivity index (χ1n) is 6.67. The Morgan fingerprint density at radius 2 is 2.10 bits per heavy atom. The van der Waals surface area contributed by atoms with Gasteiger partial charge in [-0.1, -0.05) is 0 Å². The van der Waals surface area contributed by atoms with Crippen molar-refractivity contribution in [3.8, 4) is 11.5 Å². The molecule has 0 unspecified atom stereocenters. The average Bonchev–Trinajstić information content (AvgIpc) is 2.90. The third-order valence-corrected chi connectivity index (χ3v) is 4.54. The molecule has 2 aliphatic rings. The Morgan fingerprint density at radius 1 is 1.33 bits per heavy atom. The van der Waals surface area contributed by atoms with Crippen LogP contribution in [0.3, 0.4) is 0 Å². The highest BCUT2D eigenvalue weighted by molar-refractivity contribution is 7.12. The van der Waals surface area contributed by atoms with E-state index in [9.17, 15) is 19.8 Å². The van der Waals surface area contributed by atoms with Gasteiger partial charge in [0, 0.05) is 18.3 Å². The standard InChI is InChI=1S/C13H15NO6S/c15-7-1-2-14(8(5-7)13(17)18)12(16)11-10-9(6-21-11)19-3-4-20-10/h6-8,15H,1-5H2,(H,17,18)/t7-,8+/m0/s1. The Balaban J connectivity index is 1.87. The topological polar surface area (TPSA) is 96.3 Å². The number of fused-ring (bicyclic) bond motifs is 1. The molecule has 1 saturated heterocycles. The minimum Gasteiger partial charge on any atom is -0.485 e. The molecule has 3 heterocycles. The van der Waals surface area contributed by atoms with Crippen LogP contribution in [0.4, 0.5) is 0 Å². The molecule has 7 nitrogen and oxygen atoms in total. The maximum atomic E-state index is 12.6. The molecule has 2 aliphatic heterocycles. The SMILES string of the molecule is O=C(O)[C@H]1C[C@@H](O)CCN1C(=O)c1scc2c1OCCO2. The predicted molar refractivity (Wildman–Crippen MR) is 73.0 cm³/mol. The lowest BCUT2D eigenvalue weighted by molar-refractivity contribution is -0.145. The summed E-state index contributed by atoms with van der Waals surface area (Å²) in [4.78, 5) is 25.6. The van der Waals surface area contributed by atoms with Crippen molar-refractivity contribution in [3.63, 3.8) is 0 Å². The first-order chi connectivity index (χ1) is 10.1. The zero-order valence-corrected chi connectivity index (χ0v) is 12.0. The number of amides is 1. The van der Waals surface area contributed by atoms with E-state index in [0.29, 0.717) is 36.0 Å². The number of ether oxygens (including phenoxy) is 2. The number of hydrogen-bond donors (Lipinski definition) is 2. The van der Waals surface area contributed by atoms with Crippen LogP contribution in [0.15, 0.2) is 5.38 Å². The molecule has 114 valence electrons. The van der Waals surface area contributed by atoms with E-state index in [2.05, 4.69) is 0 Å². The summed E-state index contributed by atoms with van der Waals surface area (Å²) in [6, 6.07) is -1.01. The molecular formula is C13H15NO6S. The number of carbonyl (C=O) groups is 2. The van der Waals surface area contributed by atoms with Crippen LogP contribution in [0.2, 0.25) is 0 Å². The van der Waals surface area contributed by atoms with Crippen LogP contribution in [-0.4, -0.2) is 58.9 Å². The highest BCUT2D eigenvalue weighted by Gasteiger charge is 2.38. The molecule has 0 radical (unpaired) electrons. The highest BCUT2D eigenvalue weighted by Crippen LogP contribution is 2.40. The normalized spacial score (nSPS) is 24.7. The summed E-state index contributed by atoms with van der Waals surface area (Å²) >= 11 is 1.18. The average molecular weight is 313 g/mol. The monoisotopic (exact) mass is 313 g/mol. The third-order valence-electron chi connectivity index (χ3n) is 3.62. The first-order valence-corrected chi connectivity index (χ1v) is 7.55. The van der Waals surface area contributed by atoms with E-state index in [4.69, 9.17) is 9.47 Å². The molecule has 3 rings (SSSR count). The molecule has 1 aromatic heterocycles. The maximum absolute atomic E-state index is 12.6. The number of carbonyl (C=O) groups excluding carboxylic acids is 1. The number of thiophene rings is 1. The second-order valence-electron chi connectivity index (χ2n) is 4.99. The molecule has 0 spiro atoms. The van der Waals surface area contributed by atoms with Gasteiger partial charge in [-0.3, -0.25) is 4.79 Å². The summed E-state index contributed by atoms with van der Waals surface area (Å²) in [5, 5.41) is 20.6. The number of hydrogen-bond acceptors (Lipinski definition) is 6.